The molecule has 2 aliphatic heterocycles. The summed E-state index contributed by atoms with van der Waals surface area (Å²) >= 11 is 0. The average Bonchev–Trinajstić information content (AvgIpc) is 2.55. The molecule has 100 valence electrons. The molecule has 1 atom stereocenters. The van der Waals surface area contributed by atoms with Crippen molar-refractivity contribution in [1.29, 1.82) is 0 Å². The first-order valence-electron chi connectivity index (χ1n) is 6.31. The van der Waals surface area contributed by atoms with E-state index in [4.69, 9.17) is 5.73 Å². The summed E-state index contributed by atoms with van der Waals surface area (Å²) in [6.45, 7) is 1.80. The Morgan fingerprint density at radius 3 is 3.05 bits per heavy atom. The van der Waals surface area contributed by atoms with Gasteiger partial charge < -0.3 is 10.6 Å². The number of hydrazone groups is 1. The van der Waals surface area contributed by atoms with Crippen molar-refractivity contribution in [2.45, 2.75) is 32.2 Å². The van der Waals surface area contributed by atoms with Gasteiger partial charge in [0.25, 0.3) is 5.91 Å². The monoisotopic (exact) mass is 262 g/mol. The number of nitrogens with two attached hydrogens (primary N) is 1. The van der Waals surface area contributed by atoms with Crippen molar-refractivity contribution in [3.8, 4) is 0 Å². The van der Waals surface area contributed by atoms with Crippen LogP contribution in [0.5, 0.6) is 0 Å². The van der Waals surface area contributed by atoms with Gasteiger partial charge in [0.15, 0.2) is 0 Å². The molecule has 1 amide bonds. The molecule has 2 aliphatic rings. The molecule has 0 aromatic heterocycles. The van der Waals surface area contributed by atoms with Crippen LogP contribution in [0.15, 0.2) is 17.2 Å². The van der Waals surface area contributed by atoms with Crippen LogP contribution in [-0.2, 0) is 11.2 Å². The van der Waals surface area contributed by atoms with Crippen LogP contribution >= 0.6 is 0 Å². The number of carbonyl (C=O) groups excluding carboxylic acids is 1. The Morgan fingerprint density at radius 1 is 1.47 bits per heavy atom. The molecule has 1 aromatic carbocycles. The van der Waals surface area contributed by atoms with Gasteiger partial charge in [-0.1, -0.05) is 0 Å². The Hall–Kier alpha value is -2.11. The zero-order valence-corrected chi connectivity index (χ0v) is 10.6. The highest BCUT2D eigenvalue weighted by Crippen LogP contribution is 2.33. The number of aryl methyl sites for hydroxylation is 1. The van der Waals surface area contributed by atoms with Crippen LogP contribution in [0.25, 0.3) is 0 Å². The second-order valence-electron chi connectivity index (χ2n) is 4.91. The third-order valence-electron chi connectivity index (χ3n) is 3.64. The molecule has 0 spiro atoms. The van der Waals surface area contributed by atoms with E-state index in [-0.39, 0.29) is 17.6 Å². The molecule has 6 heteroatoms. The van der Waals surface area contributed by atoms with Crippen molar-refractivity contribution < 1.29 is 9.18 Å². The van der Waals surface area contributed by atoms with Gasteiger partial charge in [0.1, 0.15) is 17.7 Å². The molecule has 2 heterocycles. The van der Waals surface area contributed by atoms with E-state index in [1.165, 1.54) is 6.07 Å². The van der Waals surface area contributed by atoms with Crippen LogP contribution < -0.4 is 16.1 Å². The molecule has 0 saturated carbocycles. The summed E-state index contributed by atoms with van der Waals surface area (Å²) in [7, 11) is 0. The molecule has 0 bridgehead atoms. The number of nitrogen functional groups attached to an aromatic ring is 1. The summed E-state index contributed by atoms with van der Waals surface area (Å²) in [6.07, 6.45) is 2.37. The molecular formula is C13H15FN4O. The summed E-state index contributed by atoms with van der Waals surface area (Å²) in [5.74, 6) is 0.226. The minimum absolute atomic E-state index is 0.0955. The first-order valence-corrected chi connectivity index (χ1v) is 6.31. The van der Waals surface area contributed by atoms with Crippen LogP contribution in [0.4, 0.5) is 15.8 Å². The van der Waals surface area contributed by atoms with E-state index < -0.39 is 5.82 Å². The molecular weight excluding hydrogens is 247 g/mol. The number of amides is 1. The van der Waals surface area contributed by atoms with Crippen LogP contribution in [0, 0.1) is 5.82 Å². The number of hydrogen-bond acceptors (Lipinski definition) is 4. The fourth-order valence-corrected chi connectivity index (χ4v) is 2.61. The van der Waals surface area contributed by atoms with E-state index in [1.807, 2.05) is 4.90 Å². The summed E-state index contributed by atoms with van der Waals surface area (Å²) in [4.78, 5) is 13.6. The molecule has 0 aliphatic carbocycles. The van der Waals surface area contributed by atoms with Gasteiger partial charge >= 0.3 is 0 Å². The summed E-state index contributed by atoms with van der Waals surface area (Å²) in [5.41, 5.74) is 9.93. The minimum atomic E-state index is -0.409. The number of nitrogens with zero attached hydrogens (tertiary/aromatic N) is 2. The lowest BCUT2D eigenvalue weighted by Crippen LogP contribution is -2.52. The number of hydrogen-bond donors (Lipinski definition) is 2. The topological polar surface area (TPSA) is 70.7 Å². The van der Waals surface area contributed by atoms with Crippen molar-refractivity contribution in [2.24, 2.45) is 5.10 Å². The lowest BCUT2D eigenvalue weighted by atomic mass is 10.1. The number of carbonyl (C=O) groups is 1. The Kier molecular flexibility index (Phi) is 2.66. The van der Waals surface area contributed by atoms with Crippen LogP contribution in [-0.4, -0.2) is 17.8 Å². The third-order valence-corrected chi connectivity index (χ3v) is 3.64. The molecule has 19 heavy (non-hydrogen) atoms. The van der Waals surface area contributed by atoms with Crippen LogP contribution in [0.2, 0.25) is 0 Å². The minimum Gasteiger partial charge on any atom is -0.396 e. The number of rotatable bonds is 0. The number of anilines is 2. The Balaban J connectivity index is 2.17. The zero-order chi connectivity index (χ0) is 13.6. The number of amidine groups is 1. The quantitative estimate of drug-likeness (QED) is 0.694. The second kappa shape index (κ2) is 4.22. The molecule has 1 unspecified atom stereocenters. The molecule has 0 saturated heterocycles. The Bertz CT molecular complexity index is 584. The van der Waals surface area contributed by atoms with E-state index in [0.717, 1.165) is 36.3 Å². The lowest BCUT2D eigenvalue weighted by molar-refractivity contribution is -0.122. The molecule has 1 aromatic rings. The van der Waals surface area contributed by atoms with Crippen molar-refractivity contribution in [3.05, 3.63) is 23.5 Å². The van der Waals surface area contributed by atoms with Crippen molar-refractivity contribution >= 4 is 23.1 Å². The SMILES string of the molecule is CC1C(=O)NN=C2CCCc3cc(F)c(N)cc3N21. The van der Waals surface area contributed by atoms with Gasteiger partial charge in [-0.3, -0.25) is 4.79 Å². The zero-order valence-electron chi connectivity index (χ0n) is 10.6. The summed E-state index contributed by atoms with van der Waals surface area (Å²) in [6, 6.07) is 2.70. The molecule has 3 N–H and O–H groups in total. The van der Waals surface area contributed by atoms with Gasteiger partial charge in [-0.05, 0) is 37.5 Å². The fraction of sp³-hybridized carbons (Fsp3) is 0.385. The van der Waals surface area contributed by atoms with Gasteiger partial charge in [0.2, 0.25) is 0 Å². The van der Waals surface area contributed by atoms with Crippen molar-refractivity contribution in [2.75, 3.05) is 10.6 Å². The fourth-order valence-electron chi connectivity index (χ4n) is 2.61. The standard InChI is InChI=1S/C13H15FN4O/c1-7-13(19)17-16-12-4-2-3-8-5-9(14)10(15)6-11(8)18(7)12/h5-7H,2-4,15H2,1H3,(H,17,19). The highest BCUT2D eigenvalue weighted by Gasteiger charge is 2.33. The predicted octanol–water partition coefficient (Wildman–Crippen LogP) is 1.38. The van der Waals surface area contributed by atoms with Crippen LogP contribution in [0.1, 0.15) is 25.3 Å². The number of benzene rings is 1. The average molecular weight is 262 g/mol. The number of halogens is 1. The highest BCUT2D eigenvalue weighted by molar-refractivity contribution is 6.07. The normalized spacial score (nSPS) is 22.0. The summed E-state index contributed by atoms with van der Waals surface area (Å²) in [5, 5.41) is 4.10. The Labute approximate surface area is 110 Å². The molecule has 3 rings (SSSR count). The molecule has 0 fully saturated rings. The van der Waals surface area contributed by atoms with Crippen LogP contribution in [0.3, 0.4) is 0 Å². The van der Waals surface area contributed by atoms with Gasteiger partial charge in [0, 0.05) is 12.1 Å². The first kappa shape index (κ1) is 12.0. The Morgan fingerprint density at radius 2 is 2.26 bits per heavy atom. The molecule has 5 nitrogen and oxygen atoms in total. The number of fused-ring (bicyclic) bond motifs is 3. The van der Waals surface area contributed by atoms with Gasteiger partial charge in [-0.15, -0.1) is 0 Å². The van der Waals surface area contributed by atoms with E-state index in [1.54, 1.807) is 13.0 Å². The maximum atomic E-state index is 13.6. The second-order valence-corrected chi connectivity index (χ2v) is 4.91. The van der Waals surface area contributed by atoms with E-state index in [9.17, 15) is 9.18 Å². The van der Waals surface area contributed by atoms with Gasteiger partial charge in [-0.25, -0.2) is 9.82 Å². The highest BCUT2D eigenvalue weighted by atomic mass is 19.1. The molecule has 0 radical (unpaired) electrons. The largest absolute Gasteiger partial charge is 0.396 e. The van der Waals surface area contributed by atoms with E-state index in [0.29, 0.717) is 0 Å². The van der Waals surface area contributed by atoms with Crippen molar-refractivity contribution in [1.82, 2.24) is 5.43 Å². The van der Waals surface area contributed by atoms with Gasteiger partial charge in [-0.2, -0.15) is 5.10 Å². The summed E-state index contributed by atoms with van der Waals surface area (Å²) < 4.78 is 13.6. The predicted molar refractivity (Wildman–Crippen MR) is 71.3 cm³/mol. The van der Waals surface area contributed by atoms with E-state index in [2.05, 4.69) is 10.5 Å². The lowest BCUT2D eigenvalue weighted by Gasteiger charge is -2.34. The first-order chi connectivity index (χ1) is 9.08. The van der Waals surface area contributed by atoms with Crippen molar-refractivity contribution in [3.63, 3.8) is 0 Å². The maximum absolute atomic E-state index is 13.6. The third kappa shape index (κ3) is 1.83. The maximum Gasteiger partial charge on any atom is 0.262 e. The number of nitrogens with one attached hydrogen (secondary N) is 1. The van der Waals surface area contributed by atoms with Gasteiger partial charge in [0.05, 0.1) is 5.69 Å². The van der Waals surface area contributed by atoms with E-state index >= 15 is 0 Å². The smallest absolute Gasteiger partial charge is 0.262 e.